The summed E-state index contributed by atoms with van der Waals surface area (Å²) in [6.45, 7) is 17.9. The number of hydrogen-bond donors (Lipinski definition) is 0. The van der Waals surface area contributed by atoms with Gasteiger partial charge in [-0.25, -0.2) is 0 Å². The Morgan fingerprint density at radius 2 is 0.735 bits per heavy atom. The lowest BCUT2D eigenvalue weighted by atomic mass is 10.2. The van der Waals surface area contributed by atoms with E-state index in [-0.39, 0.29) is 110 Å². The smallest absolute Gasteiger partial charge is 0.146 e. The molecule has 0 aliphatic carbocycles. The van der Waals surface area contributed by atoms with Crippen molar-refractivity contribution in [2.75, 3.05) is 33.2 Å². The first-order valence-electron chi connectivity index (χ1n) is 7.86. The van der Waals surface area contributed by atoms with E-state index in [9.17, 15) is 0 Å². The highest BCUT2D eigenvalue weighted by Gasteiger charge is 2.06. The summed E-state index contributed by atoms with van der Waals surface area (Å²) in [6, 6.07) is 0. The predicted octanol–water partition coefficient (Wildman–Crippen LogP) is 12.8. The number of ether oxygens (including phenoxy) is 4. The molecule has 4 nitrogen and oxygen atoms in total. The minimum absolute atomic E-state index is 0. The van der Waals surface area contributed by atoms with Crippen molar-refractivity contribution >= 4 is 0 Å². The standard InChI is InChI=1S/C11H24O2.C5H12O2.14CH4/c1-6-10(4)13-8-11(5)12-7-9(2)3;1-3-6-5-7-4-2;;;;;;;;;;;;;;/h9-11H,6-8H2,1-5H3;3-5H2,1-2H3;14*1H4. The van der Waals surface area contributed by atoms with Gasteiger partial charge < -0.3 is 18.9 Å². The van der Waals surface area contributed by atoms with Crippen LogP contribution in [0, 0.1) is 5.92 Å². The first-order chi connectivity index (χ1) is 9.47. The highest BCUT2D eigenvalue weighted by molar-refractivity contribution is 4.52. The fourth-order valence-electron chi connectivity index (χ4n) is 1.05. The summed E-state index contributed by atoms with van der Waals surface area (Å²) in [5, 5.41) is 0. The molecule has 4 heteroatoms. The van der Waals surface area contributed by atoms with Crippen molar-refractivity contribution < 1.29 is 18.9 Å². The van der Waals surface area contributed by atoms with Crippen LogP contribution < -0.4 is 0 Å². The molecule has 2 atom stereocenters. The third-order valence-electron chi connectivity index (χ3n) is 2.48. The lowest BCUT2D eigenvalue weighted by Gasteiger charge is -2.17. The van der Waals surface area contributed by atoms with Gasteiger partial charge in [0.05, 0.1) is 18.8 Å². The first-order valence-corrected chi connectivity index (χ1v) is 7.86. The third-order valence-corrected chi connectivity index (χ3v) is 2.48. The SMILES string of the molecule is C.C.C.C.C.C.C.C.C.C.C.C.C.C.CCC(C)OCC(C)OCC(C)C.CCOCOCC. The van der Waals surface area contributed by atoms with Crippen LogP contribution >= 0.6 is 0 Å². The second kappa shape index (κ2) is 93.8. The van der Waals surface area contributed by atoms with E-state index in [0.29, 0.717) is 25.4 Å². The van der Waals surface area contributed by atoms with Crippen LogP contribution in [0.15, 0.2) is 0 Å². The second-order valence-electron chi connectivity index (χ2n) is 5.19. The molecule has 0 aromatic rings. The van der Waals surface area contributed by atoms with Crippen molar-refractivity contribution in [1.82, 2.24) is 0 Å². The summed E-state index contributed by atoms with van der Waals surface area (Å²) in [7, 11) is 0. The van der Waals surface area contributed by atoms with E-state index in [1.165, 1.54) is 0 Å². The van der Waals surface area contributed by atoms with Gasteiger partial charge >= 0.3 is 0 Å². The fourth-order valence-corrected chi connectivity index (χ4v) is 1.05. The third kappa shape index (κ3) is 121. The van der Waals surface area contributed by atoms with E-state index in [1.807, 2.05) is 13.8 Å². The van der Waals surface area contributed by atoms with Gasteiger partial charge in [-0.15, -0.1) is 0 Å². The van der Waals surface area contributed by atoms with Crippen molar-refractivity contribution in [1.29, 1.82) is 0 Å². The molecule has 0 fully saturated rings. The Labute approximate surface area is 229 Å². The fraction of sp³-hybridized carbons (Fsp3) is 1.00. The van der Waals surface area contributed by atoms with Gasteiger partial charge in [0.2, 0.25) is 0 Å². The molecule has 236 valence electrons. The lowest BCUT2D eigenvalue weighted by molar-refractivity contribution is -0.0445. The molecule has 0 aliphatic heterocycles. The van der Waals surface area contributed by atoms with Crippen LogP contribution in [0.2, 0.25) is 0 Å². The minimum atomic E-state index is 0. The van der Waals surface area contributed by atoms with Gasteiger partial charge in [0.15, 0.2) is 0 Å². The van der Waals surface area contributed by atoms with Crippen LogP contribution in [-0.4, -0.2) is 45.4 Å². The van der Waals surface area contributed by atoms with Crippen LogP contribution in [0.3, 0.4) is 0 Å². The molecule has 0 aromatic heterocycles. The molecule has 0 saturated heterocycles. The van der Waals surface area contributed by atoms with Crippen LogP contribution in [0.5, 0.6) is 0 Å². The Morgan fingerprint density at radius 3 is 0.971 bits per heavy atom. The Hall–Kier alpha value is -0.160. The van der Waals surface area contributed by atoms with Crippen molar-refractivity contribution in [3.05, 3.63) is 0 Å². The zero-order chi connectivity index (χ0) is 15.8. The summed E-state index contributed by atoms with van der Waals surface area (Å²) >= 11 is 0. The average molecular weight is 517 g/mol. The van der Waals surface area contributed by atoms with Crippen molar-refractivity contribution in [2.24, 2.45) is 5.92 Å². The molecule has 0 N–H and O–H groups in total. The average Bonchev–Trinajstić information content (AvgIpc) is 2.43. The van der Waals surface area contributed by atoms with E-state index in [0.717, 1.165) is 26.2 Å². The highest BCUT2D eigenvalue weighted by Crippen LogP contribution is 2.02. The van der Waals surface area contributed by atoms with E-state index in [1.54, 1.807) is 0 Å². The maximum atomic E-state index is 5.57. The zero-order valence-electron chi connectivity index (χ0n) is 14.6. The molecule has 0 rings (SSSR count). The van der Waals surface area contributed by atoms with E-state index in [2.05, 4.69) is 34.6 Å². The zero-order valence-corrected chi connectivity index (χ0v) is 14.6. The molecule has 0 saturated carbocycles. The van der Waals surface area contributed by atoms with Crippen LogP contribution in [0.1, 0.15) is 159 Å². The topological polar surface area (TPSA) is 36.9 Å². The molecule has 34 heavy (non-hydrogen) atoms. The summed E-state index contributed by atoms with van der Waals surface area (Å²) in [6.07, 6.45) is 1.64. The van der Waals surface area contributed by atoms with Gasteiger partial charge in [0.1, 0.15) is 6.79 Å². The Morgan fingerprint density at radius 1 is 0.441 bits per heavy atom. The normalized spacial score (nSPS) is 8.12. The maximum absolute atomic E-state index is 5.57. The Balaban J connectivity index is -0.0000000102. The van der Waals surface area contributed by atoms with Crippen LogP contribution in [0.4, 0.5) is 0 Å². The van der Waals surface area contributed by atoms with Gasteiger partial charge in [-0.3, -0.25) is 0 Å². The molecular weight excluding hydrogens is 424 g/mol. The molecule has 0 heterocycles. The van der Waals surface area contributed by atoms with Crippen LogP contribution in [0.25, 0.3) is 0 Å². The molecule has 0 radical (unpaired) electrons. The van der Waals surface area contributed by atoms with Gasteiger partial charge in [0.25, 0.3) is 0 Å². The summed E-state index contributed by atoms with van der Waals surface area (Å²) in [5.74, 6) is 0.603. The Bertz CT molecular complexity index is 173. The van der Waals surface area contributed by atoms with Crippen molar-refractivity contribution in [3.8, 4) is 0 Å². The summed E-state index contributed by atoms with van der Waals surface area (Å²) in [4.78, 5) is 0. The van der Waals surface area contributed by atoms with Crippen LogP contribution in [-0.2, 0) is 18.9 Å². The monoisotopic (exact) mass is 517 g/mol. The van der Waals surface area contributed by atoms with Gasteiger partial charge in [-0.1, -0.05) is 125 Å². The van der Waals surface area contributed by atoms with Crippen molar-refractivity contribution in [3.63, 3.8) is 0 Å². The Kier molecular flexibility index (Phi) is 316. The predicted molar refractivity (Wildman–Crippen MR) is 178 cm³/mol. The first kappa shape index (κ1) is 115. The molecular formula is C30H92O4. The highest BCUT2D eigenvalue weighted by atomic mass is 16.7. The summed E-state index contributed by atoms with van der Waals surface area (Å²) in [5.41, 5.74) is 0. The number of rotatable bonds is 11. The van der Waals surface area contributed by atoms with Gasteiger partial charge in [-0.05, 0) is 40.0 Å². The molecule has 0 bridgehead atoms. The quantitative estimate of drug-likeness (QED) is 0.202. The lowest BCUT2D eigenvalue weighted by Crippen LogP contribution is -2.21. The summed E-state index contributed by atoms with van der Waals surface area (Å²) < 4.78 is 20.8. The number of hydrogen-bond acceptors (Lipinski definition) is 4. The van der Waals surface area contributed by atoms with Gasteiger partial charge in [0, 0.05) is 19.8 Å². The van der Waals surface area contributed by atoms with Gasteiger partial charge in [-0.2, -0.15) is 0 Å². The van der Waals surface area contributed by atoms with E-state index in [4.69, 9.17) is 18.9 Å². The van der Waals surface area contributed by atoms with E-state index >= 15 is 0 Å². The van der Waals surface area contributed by atoms with Crippen molar-refractivity contribution in [2.45, 2.75) is 171 Å². The molecule has 0 amide bonds. The minimum Gasteiger partial charge on any atom is -0.376 e. The second-order valence-corrected chi connectivity index (χ2v) is 5.19. The molecule has 2 unspecified atom stereocenters. The molecule has 0 spiro atoms. The molecule has 0 aromatic carbocycles. The molecule has 0 aliphatic rings. The maximum Gasteiger partial charge on any atom is 0.146 e. The van der Waals surface area contributed by atoms with E-state index < -0.39 is 0 Å². The largest absolute Gasteiger partial charge is 0.376 e.